The largest absolute Gasteiger partial charge is 0.494 e. The third-order valence-corrected chi connectivity index (χ3v) is 7.33. The highest BCUT2D eigenvalue weighted by Gasteiger charge is 2.35. The second-order valence-electron chi connectivity index (χ2n) is 11.2. The number of nitrogens with zero attached hydrogens (tertiary/aromatic N) is 1. The van der Waals surface area contributed by atoms with Crippen LogP contribution in [-0.4, -0.2) is 24.2 Å². The molecule has 6 heteroatoms. The zero-order valence-electron chi connectivity index (χ0n) is 23.6. The van der Waals surface area contributed by atoms with Crippen LogP contribution in [0.1, 0.15) is 79.6 Å². The van der Waals surface area contributed by atoms with Gasteiger partial charge in [-0.3, -0.25) is 9.78 Å². The van der Waals surface area contributed by atoms with Gasteiger partial charge in [-0.25, -0.2) is 4.79 Å². The van der Waals surface area contributed by atoms with Crippen molar-refractivity contribution in [2.45, 2.75) is 79.6 Å². The van der Waals surface area contributed by atoms with E-state index in [4.69, 9.17) is 13.9 Å². The van der Waals surface area contributed by atoms with Gasteiger partial charge in [-0.2, -0.15) is 0 Å². The van der Waals surface area contributed by atoms with Gasteiger partial charge in [-0.05, 0) is 74.8 Å². The first-order chi connectivity index (χ1) is 18.2. The van der Waals surface area contributed by atoms with E-state index < -0.39 is 5.41 Å². The molecule has 38 heavy (non-hydrogen) atoms. The van der Waals surface area contributed by atoms with Crippen LogP contribution >= 0.6 is 0 Å². The molecule has 2 heterocycles. The molecular formula is C32H43NO5. The van der Waals surface area contributed by atoms with E-state index in [1.165, 1.54) is 0 Å². The van der Waals surface area contributed by atoms with E-state index in [9.17, 15) is 9.59 Å². The van der Waals surface area contributed by atoms with Crippen molar-refractivity contribution in [1.82, 2.24) is 4.98 Å². The molecule has 0 fully saturated rings. The molecule has 6 nitrogen and oxygen atoms in total. The van der Waals surface area contributed by atoms with Gasteiger partial charge in [-0.1, -0.05) is 58.6 Å². The number of ether oxygens (including phenoxy) is 2. The number of pyridine rings is 1. The predicted octanol–water partition coefficient (Wildman–Crippen LogP) is 7.83. The lowest BCUT2D eigenvalue weighted by Crippen LogP contribution is -2.34. The summed E-state index contributed by atoms with van der Waals surface area (Å²) in [6.45, 7) is 11.7. The fraction of sp³-hybridized carbons (Fsp3) is 0.531. The van der Waals surface area contributed by atoms with Crippen LogP contribution in [0.3, 0.4) is 0 Å². The van der Waals surface area contributed by atoms with Gasteiger partial charge >= 0.3 is 11.6 Å². The normalized spacial score (nSPS) is 12.6. The molecule has 3 rings (SSSR count). The van der Waals surface area contributed by atoms with Crippen LogP contribution < -0.4 is 10.4 Å². The lowest BCUT2D eigenvalue weighted by molar-refractivity contribution is -0.157. The van der Waals surface area contributed by atoms with Crippen molar-refractivity contribution >= 4 is 16.9 Å². The third kappa shape index (κ3) is 8.44. The summed E-state index contributed by atoms with van der Waals surface area (Å²) >= 11 is 0. The monoisotopic (exact) mass is 521 g/mol. The number of hydrogen-bond acceptors (Lipinski definition) is 6. The first kappa shape index (κ1) is 29.4. The summed E-state index contributed by atoms with van der Waals surface area (Å²) in [5.74, 6) is 1.59. The highest BCUT2D eigenvalue weighted by molar-refractivity contribution is 5.80. The van der Waals surface area contributed by atoms with Crippen molar-refractivity contribution in [1.29, 1.82) is 0 Å². The summed E-state index contributed by atoms with van der Waals surface area (Å²) < 4.78 is 16.8. The van der Waals surface area contributed by atoms with Crippen molar-refractivity contribution in [2.24, 2.45) is 17.3 Å². The highest BCUT2D eigenvalue weighted by atomic mass is 16.5. The average Bonchev–Trinajstić information content (AvgIpc) is 2.89. The maximum Gasteiger partial charge on any atom is 0.344 e. The van der Waals surface area contributed by atoms with Gasteiger partial charge in [0.2, 0.25) is 0 Å². The Morgan fingerprint density at radius 2 is 1.61 bits per heavy atom. The van der Waals surface area contributed by atoms with E-state index >= 15 is 0 Å². The Kier molecular flexibility index (Phi) is 10.9. The Hall–Kier alpha value is -3.15. The third-order valence-electron chi connectivity index (χ3n) is 7.33. The predicted molar refractivity (Wildman–Crippen MR) is 152 cm³/mol. The molecule has 0 spiro atoms. The topological polar surface area (TPSA) is 78.6 Å². The molecule has 2 aromatic heterocycles. The van der Waals surface area contributed by atoms with E-state index in [0.717, 1.165) is 61.6 Å². The Labute approximate surface area is 226 Å². The SMILES string of the molecule is CC(C)CC(C)C(C)(C)C(=O)OCCCCCCCCOc1ccc(-c2cc3ccncc3oc2=O)cc1. The van der Waals surface area contributed by atoms with Crippen molar-refractivity contribution in [3.05, 3.63) is 59.2 Å². The number of unbranched alkanes of at least 4 members (excludes halogenated alkanes) is 5. The lowest BCUT2D eigenvalue weighted by atomic mass is 9.76. The average molecular weight is 522 g/mol. The fourth-order valence-corrected chi connectivity index (χ4v) is 4.55. The Balaban J connectivity index is 1.28. The van der Waals surface area contributed by atoms with Crippen molar-refractivity contribution in [2.75, 3.05) is 13.2 Å². The first-order valence-corrected chi connectivity index (χ1v) is 14.0. The van der Waals surface area contributed by atoms with E-state index in [-0.39, 0.29) is 11.6 Å². The second-order valence-corrected chi connectivity index (χ2v) is 11.2. The molecule has 0 aliphatic heterocycles. The molecule has 3 aromatic rings. The number of esters is 1. The van der Waals surface area contributed by atoms with Crippen LogP contribution in [0.4, 0.5) is 0 Å². The molecule has 1 atom stereocenters. The molecule has 0 aliphatic carbocycles. The molecule has 0 radical (unpaired) electrons. The molecule has 0 saturated carbocycles. The van der Waals surface area contributed by atoms with Crippen molar-refractivity contribution in [3.8, 4) is 16.9 Å². The van der Waals surface area contributed by atoms with E-state index in [1.54, 1.807) is 12.4 Å². The molecule has 0 aliphatic rings. The molecule has 0 bridgehead atoms. The minimum absolute atomic E-state index is 0.0749. The van der Waals surface area contributed by atoms with Crippen LogP contribution in [-0.2, 0) is 9.53 Å². The van der Waals surface area contributed by atoms with Crippen molar-refractivity contribution in [3.63, 3.8) is 0 Å². The summed E-state index contributed by atoms with van der Waals surface area (Å²) in [6, 6.07) is 11.2. The highest BCUT2D eigenvalue weighted by Crippen LogP contribution is 2.33. The maximum atomic E-state index is 12.5. The standard InChI is InChI=1S/C32H43NO5/c1-23(2)20-24(3)32(4,5)31(35)37-19-11-9-7-6-8-10-18-36-27-14-12-25(13-15-27)28-21-26-16-17-33-22-29(26)38-30(28)34/h12-17,21-24H,6-11,18-20H2,1-5H3. The molecule has 1 unspecified atom stereocenters. The number of carbonyl (C=O) groups is 1. The summed E-state index contributed by atoms with van der Waals surface area (Å²) in [4.78, 5) is 28.9. The number of hydrogen-bond donors (Lipinski definition) is 0. The minimum Gasteiger partial charge on any atom is -0.494 e. The Morgan fingerprint density at radius 1 is 0.947 bits per heavy atom. The van der Waals surface area contributed by atoms with Gasteiger partial charge in [0.15, 0.2) is 5.58 Å². The molecule has 1 aromatic carbocycles. The van der Waals surface area contributed by atoms with Gasteiger partial charge in [0, 0.05) is 11.6 Å². The molecule has 0 N–H and O–H groups in total. The zero-order chi connectivity index (χ0) is 27.5. The fourth-order valence-electron chi connectivity index (χ4n) is 4.55. The summed E-state index contributed by atoms with van der Waals surface area (Å²) in [6.07, 6.45) is 10.6. The quantitative estimate of drug-likeness (QED) is 0.150. The van der Waals surface area contributed by atoms with E-state index in [2.05, 4.69) is 25.8 Å². The van der Waals surface area contributed by atoms with Crippen LogP contribution in [0, 0.1) is 17.3 Å². The Bertz CT molecular complexity index is 1210. The van der Waals surface area contributed by atoms with Gasteiger partial charge in [-0.15, -0.1) is 0 Å². The number of fused-ring (bicyclic) bond motifs is 1. The number of rotatable bonds is 15. The first-order valence-electron chi connectivity index (χ1n) is 14.0. The number of benzene rings is 1. The van der Waals surface area contributed by atoms with Gasteiger partial charge in [0.1, 0.15) is 5.75 Å². The van der Waals surface area contributed by atoms with Crippen molar-refractivity contribution < 1.29 is 18.7 Å². The minimum atomic E-state index is -0.437. The number of aromatic nitrogens is 1. The van der Waals surface area contributed by atoms with E-state index in [1.807, 2.05) is 50.2 Å². The number of carbonyl (C=O) groups excluding carboxylic acids is 1. The molecular weight excluding hydrogens is 478 g/mol. The zero-order valence-corrected chi connectivity index (χ0v) is 23.6. The molecule has 206 valence electrons. The van der Waals surface area contributed by atoms with Crippen LogP contribution in [0.2, 0.25) is 0 Å². The van der Waals surface area contributed by atoms with Crippen LogP contribution in [0.15, 0.2) is 58.0 Å². The lowest BCUT2D eigenvalue weighted by Gasteiger charge is -2.30. The molecule has 0 amide bonds. The second kappa shape index (κ2) is 14.1. The Morgan fingerprint density at radius 3 is 2.29 bits per heavy atom. The molecule has 0 saturated heterocycles. The van der Waals surface area contributed by atoms with Gasteiger partial charge < -0.3 is 13.9 Å². The summed E-state index contributed by atoms with van der Waals surface area (Å²) in [5, 5.41) is 0.839. The van der Waals surface area contributed by atoms with Crippen LogP contribution in [0.25, 0.3) is 22.1 Å². The van der Waals surface area contributed by atoms with Gasteiger partial charge in [0.05, 0.1) is 30.4 Å². The van der Waals surface area contributed by atoms with Crippen LogP contribution in [0.5, 0.6) is 5.75 Å². The summed E-state index contributed by atoms with van der Waals surface area (Å²) in [7, 11) is 0. The van der Waals surface area contributed by atoms with E-state index in [0.29, 0.717) is 36.2 Å². The maximum absolute atomic E-state index is 12.5. The summed E-state index contributed by atoms with van der Waals surface area (Å²) in [5.41, 5.74) is 0.986. The smallest absolute Gasteiger partial charge is 0.344 e. The van der Waals surface area contributed by atoms with Gasteiger partial charge in [0.25, 0.3) is 0 Å².